The first-order valence-corrected chi connectivity index (χ1v) is 10.3. The summed E-state index contributed by atoms with van der Waals surface area (Å²) in [6, 6.07) is 9.68. The van der Waals surface area contributed by atoms with Crippen molar-refractivity contribution in [2.45, 2.75) is 51.7 Å². The summed E-state index contributed by atoms with van der Waals surface area (Å²) in [5, 5.41) is 10.5. The van der Waals surface area contributed by atoms with Gasteiger partial charge in [-0.15, -0.1) is 0 Å². The highest BCUT2D eigenvalue weighted by molar-refractivity contribution is 5.85. The highest BCUT2D eigenvalue weighted by Gasteiger charge is 2.22. The van der Waals surface area contributed by atoms with Crippen LogP contribution in [0.3, 0.4) is 0 Å². The molecule has 0 saturated heterocycles. The number of fused-ring (bicyclic) bond motifs is 1. The summed E-state index contributed by atoms with van der Waals surface area (Å²) in [5.41, 5.74) is 8.47. The maximum atomic E-state index is 12.1. The van der Waals surface area contributed by atoms with Gasteiger partial charge in [0.2, 0.25) is 5.95 Å². The Balaban J connectivity index is 1.52. The number of carbonyl (C=O) groups is 1. The van der Waals surface area contributed by atoms with E-state index in [2.05, 4.69) is 25.7 Å². The fraction of sp³-hybridized carbons (Fsp3) is 0.364. The summed E-state index contributed by atoms with van der Waals surface area (Å²) >= 11 is 0. The van der Waals surface area contributed by atoms with E-state index in [1.165, 1.54) is 11.1 Å². The van der Waals surface area contributed by atoms with Crippen LogP contribution >= 0.6 is 0 Å². The normalized spacial score (nSPS) is 15.8. The van der Waals surface area contributed by atoms with Crippen LogP contribution in [0.2, 0.25) is 0 Å². The third kappa shape index (κ3) is 5.11. The molecule has 1 atom stereocenters. The van der Waals surface area contributed by atoms with Crippen molar-refractivity contribution in [3.8, 4) is 5.82 Å². The number of nitrogen functional groups attached to an aromatic ring is 1. The van der Waals surface area contributed by atoms with Crippen LogP contribution < -0.4 is 16.4 Å². The van der Waals surface area contributed by atoms with Gasteiger partial charge in [0.25, 0.3) is 0 Å². The number of nitrogens with one attached hydrogen (secondary N) is 2. The number of amides is 1. The zero-order valence-corrected chi connectivity index (χ0v) is 17.9. The van der Waals surface area contributed by atoms with Crippen LogP contribution in [-0.2, 0) is 11.2 Å². The lowest BCUT2D eigenvalue weighted by atomic mass is 9.87. The number of anilines is 3. The van der Waals surface area contributed by atoms with Crippen LogP contribution in [0.15, 0.2) is 42.7 Å². The van der Waals surface area contributed by atoms with E-state index in [0.29, 0.717) is 11.6 Å². The first-order valence-electron chi connectivity index (χ1n) is 10.3. The van der Waals surface area contributed by atoms with Crippen molar-refractivity contribution in [2.75, 3.05) is 16.4 Å². The summed E-state index contributed by atoms with van der Waals surface area (Å²) in [6.45, 7) is 5.52. The molecule has 31 heavy (non-hydrogen) atoms. The maximum Gasteiger partial charge on any atom is 0.412 e. The van der Waals surface area contributed by atoms with Gasteiger partial charge in [-0.2, -0.15) is 15.1 Å². The van der Waals surface area contributed by atoms with Gasteiger partial charge < -0.3 is 15.8 Å². The number of benzene rings is 1. The number of ether oxygens (including phenoxy) is 1. The predicted molar refractivity (Wildman–Crippen MR) is 119 cm³/mol. The van der Waals surface area contributed by atoms with Crippen LogP contribution in [0.4, 0.5) is 22.2 Å². The van der Waals surface area contributed by atoms with Crippen LogP contribution in [0.25, 0.3) is 5.82 Å². The molecular formula is C22H27N7O2. The highest BCUT2D eigenvalue weighted by atomic mass is 16.6. The number of aromatic nitrogens is 4. The fourth-order valence-corrected chi connectivity index (χ4v) is 3.69. The van der Waals surface area contributed by atoms with Crippen molar-refractivity contribution in [3.05, 3.63) is 53.9 Å². The van der Waals surface area contributed by atoms with Gasteiger partial charge in [0.05, 0.1) is 6.04 Å². The van der Waals surface area contributed by atoms with E-state index in [1.807, 2.05) is 51.1 Å². The monoisotopic (exact) mass is 421 g/mol. The van der Waals surface area contributed by atoms with Gasteiger partial charge in [-0.3, -0.25) is 5.32 Å². The largest absolute Gasteiger partial charge is 0.444 e. The molecule has 0 bridgehead atoms. The molecule has 1 unspecified atom stereocenters. The van der Waals surface area contributed by atoms with Gasteiger partial charge in [-0.1, -0.05) is 6.07 Å². The van der Waals surface area contributed by atoms with Gasteiger partial charge in [0.15, 0.2) is 5.82 Å². The summed E-state index contributed by atoms with van der Waals surface area (Å²) in [5.74, 6) is 1.43. The standard InChI is InChI=1S/C22H27N7O2/c1-22(2,3)31-21(30)25-15-8-9-16-14(12-15)6-4-7-17(16)26-18-13-19(28-20(23)27-18)29-11-5-10-24-29/h5,8-13,17H,4,6-7H2,1-3H3,(H,25,30)(H3,23,26,27,28). The zero-order chi connectivity index (χ0) is 22.0. The second kappa shape index (κ2) is 8.25. The zero-order valence-electron chi connectivity index (χ0n) is 17.9. The van der Waals surface area contributed by atoms with Crippen molar-refractivity contribution in [2.24, 2.45) is 0 Å². The third-order valence-corrected chi connectivity index (χ3v) is 4.89. The average Bonchev–Trinajstić information content (AvgIpc) is 3.21. The summed E-state index contributed by atoms with van der Waals surface area (Å²) in [7, 11) is 0. The molecule has 9 heteroatoms. The van der Waals surface area contributed by atoms with Gasteiger partial charge in [-0.25, -0.2) is 9.48 Å². The van der Waals surface area contributed by atoms with E-state index in [0.717, 1.165) is 24.9 Å². The highest BCUT2D eigenvalue weighted by Crippen LogP contribution is 2.34. The minimum Gasteiger partial charge on any atom is -0.444 e. The Bertz CT molecular complexity index is 1070. The molecule has 1 aliphatic carbocycles. The molecule has 4 N–H and O–H groups in total. The van der Waals surface area contributed by atoms with E-state index in [9.17, 15) is 4.79 Å². The second-order valence-corrected chi connectivity index (χ2v) is 8.55. The number of nitrogens with zero attached hydrogens (tertiary/aromatic N) is 4. The van der Waals surface area contributed by atoms with Gasteiger partial charge in [0.1, 0.15) is 11.4 Å². The third-order valence-electron chi connectivity index (χ3n) is 4.89. The molecule has 4 rings (SSSR count). The minimum absolute atomic E-state index is 0.0825. The van der Waals surface area contributed by atoms with Crippen molar-refractivity contribution in [3.63, 3.8) is 0 Å². The molecule has 2 aromatic heterocycles. The Kier molecular flexibility index (Phi) is 5.50. The molecule has 1 aliphatic rings. The lowest BCUT2D eigenvalue weighted by molar-refractivity contribution is 0.0636. The molecule has 0 radical (unpaired) electrons. The molecule has 9 nitrogen and oxygen atoms in total. The van der Waals surface area contributed by atoms with E-state index in [-0.39, 0.29) is 12.0 Å². The van der Waals surface area contributed by atoms with Crippen molar-refractivity contribution < 1.29 is 9.53 Å². The molecule has 0 spiro atoms. The number of carbonyl (C=O) groups excluding carboxylic acids is 1. The smallest absolute Gasteiger partial charge is 0.412 e. The lowest BCUT2D eigenvalue weighted by Crippen LogP contribution is -2.27. The van der Waals surface area contributed by atoms with Crippen LogP contribution in [0.5, 0.6) is 0 Å². The van der Waals surface area contributed by atoms with Crippen LogP contribution in [0.1, 0.15) is 50.8 Å². The Morgan fingerprint density at radius 1 is 1.26 bits per heavy atom. The molecule has 162 valence electrons. The number of rotatable bonds is 4. The predicted octanol–water partition coefficient (Wildman–Crippen LogP) is 4.08. The van der Waals surface area contributed by atoms with Gasteiger partial charge >= 0.3 is 6.09 Å². The number of aryl methyl sites for hydroxylation is 1. The summed E-state index contributed by atoms with van der Waals surface area (Å²) in [4.78, 5) is 20.7. The van der Waals surface area contributed by atoms with E-state index in [4.69, 9.17) is 10.5 Å². The molecule has 0 fully saturated rings. The fourth-order valence-electron chi connectivity index (χ4n) is 3.69. The number of hydrogen-bond acceptors (Lipinski definition) is 7. The quantitative estimate of drug-likeness (QED) is 0.580. The van der Waals surface area contributed by atoms with Crippen molar-refractivity contribution in [1.29, 1.82) is 0 Å². The average molecular weight is 422 g/mol. The molecule has 2 heterocycles. The topological polar surface area (TPSA) is 120 Å². The van der Waals surface area contributed by atoms with E-state index in [1.54, 1.807) is 17.1 Å². The minimum atomic E-state index is -0.540. The maximum absolute atomic E-state index is 12.1. The van der Waals surface area contributed by atoms with Gasteiger partial charge in [0, 0.05) is 24.1 Å². The first-order chi connectivity index (χ1) is 14.8. The molecule has 0 saturated carbocycles. The summed E-state index contributed by atoms with van der Waals surface area (Å²) < 4.78 is 6.99. The summed E-state index contributed by atoms with van der Waals surface area (Å²) in [6.07, 6.45) is 5.97. The number of nitrogens with two attached hydrogens (primary N) is 1. The second-order valence-electron chi connectivity index (χ2n) is 8.55. The van der Waals surface area contributed by atoms with Crippen molar-refractivity contribution >= 4 is 23.5 Å². The number of hydrogen-bond donors (Lipinski definition) is 3. The van der Waals surface area contributed by atoms with Crippen molar-refractivity contribution in [1.82, 2.24) is 19.7 Å². The SMILES string of the molecule is CC(C)(C)OC(=O)Nc1ccc2c(c1)CCCC2Nc1cc(-n2cccn2)nc(N)n1. The van der Waals surface area contributed by atoms with E-state index < -0.39 is 11.7 Å². The van der Waals surface area contributed by atoms with Crippen LogP contribution in [0, 0.1) is 0 Å². The molecular weight excluding hydrogens is 394 g/mol. The Morgan fingerprint density at radius 3 is 2.84 bits per heavy atom. The van der Waals surface area contributed by atoms with Gasteiger partial charge in [-0.05, 0) is 69.4 Å². The van der Waals surface area contributed by atoms with E-state index >= 15 is 0 Å². The Labute approximate surface area is 181 Å². The molecule has 0 aliphatic heterocycles. The Morgan fingerprint density at radius 2 is 2.10 bits per heavy atom. The lowest BCUT2D eigenvalue weighted by Gasteiger charge is -2.27. The van der Waals surface area contributed by atoms with Crippen LogP contribution in [-0.4, -0.2) is 31.4 Å². The molecule has 3 aromatic rings. The molecule has 1 aromatic carbocycles. The molecule has 1 amide bonds. The Hall–Kier alpha value is -3.62. The first kappa shape index (κ1) is 20.6.